The number of amides is 1. The van der Waals surface area contributed by atoms with Crippen molar-refractivity contribution in [2.24, 2.45) is 0 Å². The largest absolute Gasteiger partial charge is 0.486 e. The topological polar surface area (TPSA) is 42.0 Å². The first kappa shape index (κ1) is 15.2. The summed E-state index contributed by atoms with van der Waals surface area (Å²) in [5, 5.41) is 0. The Morgan fingerprint density at radius 3 is 2.82 bits per heavy atom. The molecule has 22 heavy (non-hydrogen) atoms. The second-order valence-electron chi connectivity index (χ2n) is 6.16. The van der Waals surface area contributed by atoms with E-state index in [4.69, 9.17) is 9.47 Å². The second-order valence-corrected chi connectivity index (χ2v) is 6.16. The summed E-state index contributed by atoms with van der Waals surface area (Å²) in [6.45, 7) is 2.78. The Morgan fingerprint density at radius 2 is 2.05 bits per heavy atom. The number of hydrogen-bond acceptors (Lipinski definition) is 4. The normalized spacial score (nSPS) is 21.5. The fourth-order valence-electron chi connectivity index (χ4n) is 3.18. The lowest BCUT2D eigenvalue weighted by molar-refractivity contribution is -0.136. The first-order valence-electron chi connectivity index (χ1n) is 7.99. The summed E-state index contributed by atoms with van der Waals surface area (Å²) in [7, 11) is 3.92. The maximum Gasteiger partial charge on any atom is 0.239 e. The quantitative estimate of drug-likeness (QED) is 0.855. The van der Waals surface area contributed by atoms with Crippen LogP contribution < -0.4 is 9.47 Å². The van der Waals surface area contributed by atoms with Crippen LogP contribution in [0.4, 0.5) is 0 Å². The molecule has 2 aliphatic heterocycles. The molecule has 1 atom stereocenters. The molecule has 0 aliphatic carbocycles. The van der Waals surface area contributed by atoms with E-state index in [2.05, 4.69) is 4.90 Å². The van der Waals surface area contributed by atoms with Crippen molar-refractivity contribution < 1.29 is 14.3 Å². The first-order chi connectivity index (χ1) is 10.6. The van der Waals surface area contributed by atoms with Crippen molar-refractivity contribution in [3.05, 3.63) is 23.8 Å². The first-order valence-corrected chi connectivity index (χ1v) is 7.99. The number of hydrogen-bond donors (Lipinski definition) is 0. The number of benzene rings is 1. The smallest absolute Gasteiger partial charge is 0.239 e. The van der Waals surface area contributed by atoms with Gasteiger partial charge in [0.05, 0.1) is 6.04 Å². The van der Waals surface area contributed by atoms with E-state index in [1.54, 1.807) is 0 Å². The monoisotopic (exact) mass is 304 g/mol. The molecular weight excluding hydrogens is 280 g/mol. The van der Waals surface area contributed by atoms with Crippen LogP contribution in [0.5, 0.6) is 11.5 Å². The number of rotatable bonds is 3. The Kier molecular flexibility index (Phi) is 4.52. The minimum Gasteiger partial charge on any atom is -0.486 e. The van der Waals surface area contributed by atoms with Gasteiger partial charge in [-0.2, -0.15) is 0 Å². The zero-order chi connectivity index (χ0) is 15.5. The van der Waals surface area contributed by atoms with Crippen LogP contribution in [-0.2, 0) is 11.3 Å². The number of ether oxygens (including phenoxy) is 2. The van der Waals surface area contributed by atoms with Gasteiger partial charge in [-0.25, -0.2) is 0 Å². The van der Waals surface area contributed by atoms with Gasteiger partial charge in [-0.15, -0.1) is 0 Å². The predicted octanol–water partition coefficient (Wildman–Crippen LogP) is 1.90. The zero-order valence-electron chi connectivity index (χ0n) is 13.4. The third kappa shape index (κ3) is 3.19. The second kappa shape index (κ2) is 6.57. The molecule has 5 nitrogen and oxygen atoms in total. The molecule has 1 unspecified atom stereocenters. The van der Waals surface area contributed by atoms with E-state index >= 15 is 0 Å². The van der Waals surface area contributed by atoms with E-state index in [0.29, 0.717) is 19.8 Å². The summed E-state index contributed by atoms with van der Waals surface area (Å²) in [5.74, 6) is 1.77. The fourth-order valence-corrected chi connectivity index (χ4v) is 3.18. The maximum absolute atomic E-state index is 12.6. The number of likely N-dealkylation sites (tertiary alicyclic amines) is 1. The third-order valence-corrected chi connectivity index (χ3v) is 4.46. The number of fused-ring (bicyclic) bond motifs is 1. The highest BCUT2D eigenvalue weighted by Crippen LogP contribution is 2.31. The van der Waals surface area contributed by atoms with Crippen LogP contribution in [0, 0.1) is 0 Å². The van der Waals surface area contributed by atoms with Crippen LogP contribution in [0.2, 0.25) is 0 Å². The van der Waals surface area contributed by atoms with E-state index < -0.39 is 0 Å². The standard InChI is InChI=1S/C17H24N2O3/c1-18-8-4-3-5-14(18)17(20)19(2)12-13-6-7-15-16(11-13)22-10-9-21-15/h6-7,11,14H,3-5,8-10,12H2,1-2H3. The van der Waals surface area contributed by atoms with E-state index in [1.807, 2.05) is 37.2 Å². The molecule has 2 heterocycles. The van der Waals surface area contributed by atoms with Crippen molar-refractivity contribution in [3.8, 4) is 11.5 Å². The van der Waals surface area contributed by atoms with E-state index in [9.17, 15) is 4.79 Å². The Labute approximate surface area is 131 Å². The molecule has 2 aliphatic rings. The van der Waals surface area contributed by atoms with Gasteiger partial charge in [0.15, 0.2) is 11.5 Å². The molecule has 0 saturated carbocycles. The van der Waals surface area contributed by atoms with Crippen LogP contribution in [0.1, 0.15) is 24.8 Å². The summed E-state index contributed by atoms with van der Waals surface area (Å²) in [6, 6.07) is 5.93. The molecule has 1 saturated heterocycles. The number of likely N-dealkylation sites (N-methyl/N-ethyl adjacent to an activating group) is 2. The van der Waals surface area contributed by atoms with Crippen molar-refractivity contribution in [3.63, 3.8) is 0 Å². The lowest BCUT2D eigenvalue weighted by Crippen LogP contribution is -2.47. The summed E-state index contributed by atoms with van der Waals surface area (Å²) in [4.78, 5) is 16.6. The van der Waals surface area contributed by atoms with E-state index in [0.717, 1.165) is 36.4 Å². The third-order valence-electron chi connectivity index (χ3n) is 4.46. The van der Waals surface area contributed by atoms with Crippen LogP contribution in [0.3, 0.4) is 0 Å². The number of nitrogens with zero attached hydrogens (tertiary/aromatic N) is 2. The van der Waals surface area contributed by atoms with Crippen molar-refractivity contribution >= 4 is 5.91 Å². The summed E-state index contributed by atoms with van der Waals surface area (Å²) in [5.41, 5.74) is 1.07. The molecule has 5 heteroatoms. The van der Waals surface area contributed by atoms with Gasteiger partial charge in [-0.3, -0.25) is 9.69 Å². The van der Waals surface area contributed by atoms with Gasteiger partial charge in [-0.05, 0) is 44.1 Å². The van der Waals surface area contributed by atoms with Crippen molar-refractivity contribution in [2.75, 3.05) is 33.9 Å². The van der Waals surface area contributed by atoms with E-state index in [1.165, 1.54) is 6.42 Å². The highest BCUT2D eigenvalue weighted by atomic mass is 16.6. The van der Waals surface area contributed by atoms with Crippen LogP contribution >= 0.6 is 0 Å². The van der Waals surface area contributed by atoms with Gasteiger partial charge in [-0.1, -0.05) is 12.5 Å². The Hall–Kier alpha value is -1.75. The lowest BCUT2D eigenvalue weighted by Gasteiger charge is -2.34. The molecule has 1 fully saturated rings. The number of piperidine rings is 1. The van der Waals surface area contributed by atoms with Crippen molar-refractivity contribution in [1.29, 1.82) is 0 Å². The fraction of sp³-hybridized carbons (Fsp3) is 0.588. The minimum absolute atomic E-state index is 0.0240. The Morgan fingerprint density at radius 1 is 1.27 bits per heavy atom. The van der Waals surface area contributed by atoms with Gasteiger partial charge >= 0.3 is 0 Å². The minimum atomic E-state index is 0.0240. The SMILES string of the molecule is CN(Cc1ccc2c(c1)OCCO2)C(=O)C1CCCCN1C. The molecular formula is C17H24N2O3. The van der Waals surface area contributed by atoms with Gasteiger partial charge in [0.1, 0.15) is 13.2 Å². The number of carbonyl (C=O) groups is 1. The average Bonchev–Trinajstić information content (AvgIpc) is 2.54. The van der Waals surface area contributed by atoms with Crippen molar-refractivity contribution in [1.82, 2.24) is 9.80 Å². The van der Waals surface area contributed by atoms with Crippen molar-refractivity contribution in [2.45, 2.75) is 31.8 Å². The Balaban J connectivity index is 1.65. The molecule has 0 bridgehead atoms. The van der Waals surface area contributed by atoms with Gasteiger partial charge in [0, 0.05) is 13.6 Å². The Bertz CT molecular complexity index is 547. The van der Waals surface area contributed by atoms with E-state index in [-0.39, 0.29) is 11.9 Å². The maximum atomic E-state index is 12.6. The summed E-state index contributed by atoms with van der Waals surface area (Å²) in [6.07, 6.45) is 3.28. The van der Waals surface area contributed by atoms with Gasteiger partial charge < -0.3 is 14.4 Å². The molecule has 120 valence electrons. The van der Waals surface area contributed by atoms with Crippen LogP contribution in [0.15, 0.2) is 18.2 Å². The zero-order valence-corrected chi connectivity index (χ0v) is 13.4. The molecule has 0 N–H and O–H groups in total. The van der Waals surface area contributed by atoms with Crippen LogP contribution in [-0.4, -0.2) is 55.6 Å². The molecule has 0 radical (unpaired) electrons. The highest BCUT2D eigenvalue weighted by molar-refractivity contribution is 5.81. The summed E-state index contributed by atoms with van der Waals surface area (Å²) >= 11 is 0. The molecule has 1 aromatic carbocycles. The lowest BCUT2D eigenvalue weighted by atomic mass is 10.0. The molecule has 3 rings (SSSR count). The van der Waals surface area contributed by atoms with Gasteiger partial charge in [0.25, 0.3) is 0 Å². The highest BCUT2D eigenvalue weighted by Gasteiger charge is 2.28. The average molecular weight is 304 g/mol. The van der Waals surface area contributed by atoms with Gasteiger partial charge in [0.2, 0.25) is 5.91 Å². The molecule has 0 aromatic heterocycles. The number of carbonyl (C=O) groups excluding carboxylic acids is 1. The molecule has 1 aromatic rings. The molecule has 1 amide bonds. The summed E-state index contributed by atoms with van der Waals surface area (Å²) < 4.78 is 11.1. The molecule has 0 spiro atoms. The van der Waals surface area contributed by atoms with Crippen LogP contribution in [0.25, 0.3) is 0 Å². The predicted molar refractivity (Wildman–Crippen MR) is 84.2 cm³/mol.